The van der Waals surface area contributed by atoms with Crippen LogP contribution >= 0.6 is 11.6 Å². The molecule has 0 aliphatic rings. The number of nitrogens with zero attached hydrogens (tertiary/aromatic N) is 1. The molecular weight excluding hydrogens is 200 g/mol. The molecule has 2 N–H and O–H groups in total. The van der Waals surface area contributed by atoms with Gasteiger partial charge < -0.3 is 10.6 Å². The van der Waals surface area contributed by atoms with Crippen LogP contribution in [0.25, 0.3) is 0 Å². The molecule has 0 amide bonds. The normalized spacial score (nSPS) is 10.0. The lowest BCUT2D eigenvalue weighted by Crippen LogP contribution is -1.89. The number of anilines is 1. The van der Waals surface area contributed by atoms with E-state index in [1.807, 2.05) is 0 Å². The van der Waals surface area contributed by atoms with Crippen LogP contribution < -0.4 is 5.73 Å². The fourth-order valence-electron chi connectivity index (χ4n) is 0.796. The Hall–Kier alpha value is -1.66. The minimum Gasteiger partial charge on any atom is -0.398 e. The zero-order valence-electron chi connectivity index (χ0n) is 7.40. The van der Waals surface area contributed by atoms with E-state index in [-0.39, 0.29) is 6.61 Å². The minimum atomic E-state index is 0.152. The first-order chi connectivity index (χ1) is 6.74. The van der Waals surface area contributed by atoms with Gasteiger partial charge in [0.15, 0.2) is 6.61 Å². The molecule has 0 spiro atoms. The number of nitrogen functional groups attached to an aromatic ring is 1. The first kappa shape index (κ1) is 10.4. The van der Waals surface area contributed by atoms with E-state index in [2.05, 4.69) is 11.1 Å². The minimum absolute atomic E-state index is 0.152. The van der Waals surface area contributed by atoms with Gasteiger partial charge in [0.05, 0.1) is 16.9 Å². The second kappa shape index (κ2) is 5.15. The average molecular weight is 209 g/mol. The summed E-state index contributed by atoms with van der Waals surface area (Å²) in [4.78, 5) is 4.72. The third-order valence-electron chi connectivity index (χ3n) is 1.45. The smallest absolute Gasteiger partial charge is 0.177 e. The second-order valence-corrected chi connectivity index (χ2v) is 2.90. The molecule has 0 atom stereocenters. The Balaban J connectivity index is 2.64. The van der Waals surface area contributed by atoms with Crippen LogP contribution in [-0.4, -0.2) is 12.8 Å². The van der Waals surface area contributed by atoms with Gasteiger partial charge in [0.1, 0.15) is 0 Å². The van der Waals surface area contributed by atoms with Crippen LogP contribution in [0.5, 0.6) is 0 Å². The molecule has 0 fully saturated rings. The van der Waals surface area contributed by atoms with E-state index in [4.69, 9.17) is 28.6 Å². The van der Waals surface area contributed by atoms with Crippen LogP contribution in [0.15, 0.2) is 23.4 Å². The lowest BCUT2D eigenvalue weighted by molar-refractivity contribution is 0.181. The summed E-state index contributed by atoms with van der Waals surface area (Å²) in [7, 11) is 0. The standard InChI is InChI=1S/C10H9ClN2O/c1-2-5-14-13-7-8-3-4-10(12)9(11)6-8/h1,3-4,6-7H,5,12H2/b13-7+. The van der Waals surface area contributed by atoms with Gasteiger partial charge in [-0.05, 0) is 17.7 Å². The number of oxime groups is 1. The topological polar surface area (TPSA) is 47.6 Å². The Morgan fingerprint density at radius 1 is 1.64 bits per heavy atom. The van der Waals surface area contributed by atoms with Crippen molar-refractivity contribution in [1.82, 2.24) is 0 Å². The van der Waals surface area contributed by atoms with Crippen molar-refractivity contribution < 1.29 is 4.84 Å². The van der Waals surface area contributed by atoms with E-state index in [0.717, 1.165) is 5.56 Å². The summed E-state index contributed by atoms with van der Waals surface area (Å²) >= 11 is 5.79. The molecule has 0 aromatic heterocycles. The average Bonchev–Trinajstić information content (AvgIpc) is 2.18. The Morgan fingerprint density at radius 3 is 3.07 bits per heavy atom. The summed E-state index contributed by atoms with van der Waals surface area (Å²) in [5, 5.41) is 4.13. The molecule has 1 aromatic carbocycles. The van der Waals surface area contributed by atoms with E-state index in [0.29, 0.717) is 10.7 Å². The maximum Gasteiger partial charge on any atom is 0.177 e. The zero-order valence-corrected chi connectivity index (χ0v) is 8.16. The van der Waals surface area contributed by atoms with Crippen molar-refractivity contribution in [2.45, 2.75) is 0 Å². The van der Waals surface area contributed by atoms with Crippen molar-refractivity contribution in [1.29, 1.82) is 0 Å². The van der Waals surface area contributed by atoms with Gasteiger partial charge in [0, 0.05) is 0 Å². The van der Waals surface area contributed by atoms with Crippen LogP contribution in [0.1, 0.15) is 5.56 Å². The number of hydrogen-bond donors (Lipinski definition) is 1. The first-order valence-corrected chi connectivity index (χ1v) is 4.25. The fraction of sp³-hybridized carbons (Fsp3) is 0.100. The molecule has 4 heteroatoms. The van der Waals surface area contributed by atoms with Crippen LogP contribution in [0.3, 0.4) is 0 Å². The Labute approximate surface area is 87.5 Å². The maximum atomic E-state index is 5.79. The molecule has 1 aromatic rings. The second-order valence-electron chi connectivity index (χ2n) is 2.49. The molecule has 0 aliphatic carbocycles. The van der Waals surface area contributed by atoms with Crippen LogP contribution in [0, 0.1) is 12.3 Å². The molecule has 0 heterocycles. The zero-order chi connectivity index (χ0) is 10.4. The molecule has 0 radical (unpaired) electrons. The highest BCUT2D eigenvalue weighted by Gasteiger charge is 1.95. The highest BCUT2D eigenvalue weighted by Crippen LogP contribution is 2.18. The third-order valence-corrected chi connectivity index (χ3v) is 1.78. The predicted octanol–water partition coefficient (Wildman–Crippen LogP) is 1.91. The number of rotatable bonds is 3. The van der Waals surface area contributed by atoms with Crippen LogP contribution in [0.2, 0.25) is 5.02 Å². The van der Waals surface area contributed by atoms with Gasteiger partial charge in [-0.2, -0.15) is 0 Å². The number of hydrogen-bond acceptors (Lipinski definition) is 3. The lowest BCUT2D eigenvalue weighted by Gasteiger charge is -1.98. The predicted molar refractivity (Wildman–Crippen MR) is 58.2 cm³/mol. The Morgan fingerprint density at radius 2 is 2.43 bits per heavy atom. The largest absolute Gasteiger partial charge is 0.398 e. The van der Waals surface area contributed by atoms with Gasteiger partial charge in [-0.3, -0.25) is 0 Å². The van der Waals surface area contributed by atoms with E-state index in [9.17, 15) is 0 Å². The van der Waals surface area contributed by atoms with E-state index in [1.165, 1.54) is 6.21 Å². The third kappa shape index (κ3) is 3.00. The van der Waals surface area contributed by atoms with Crippen LogP contribution in [0.4, 0.5) is 5.69 Å². The molecule has 0 saturated carbocycles. The van der Waals surface area contributed by atoms with Crippen molar-refractivity contribution in [2.75, 3.05) is 12.3 Å². The summed E-state index contributed by atoms with van der Waals surface area (Å²) in [6, 6.07) is 5.18. The monoisotopic (exact) mass is 208 g/mol. The molecule has 3 nitrogen and oxygen atoms in total. The fourth-order valence-corrected chi connectivity index (χ4v) is 0.985. The van der Waals surface area contributed by atoms with E-state index >= 15 is 0 Å². The van der Waals surface area contributed by atoms with Gasteiger partial charge in [-0.25, -0.2) is 0 Å². The van der Waals surface area contributed by atoms with Crippen molar-refractivity contribution in [2.24, 2.45) is 5.16 Å². The first-order valence-electron chi connectivity index (χ1n) is 3.88. The van der Waals surface area contributed by atoms with E-state index in [1.54, 1.807) is 18.2 Å². The van der Waals surface area contributed by atoms with Gasteiger partial charge in [-0.1, -0.05) is 28.7 Å². The molecular formula is C10H9ClN2O. The molecule has 14 heavy (non-hydrogen) atoms. The van der Waals surface area contributed by atoms with Gasteiger partial charge >= 0.3 is 0 Å². The molecule has 0 unspecified atom stereocenters. The number of nitrogens with two attached hydrogens (primary N) is 1. The molecule has 1 rings (SSSR count). The quantitative estimate of drug-likeness (QED) is 0.271. The SMILES string of the molecule is C#CCO/N=C/c1ccc(N)c(Cl)c1. The van der Waals surface area contributed by atoms with Crippen molar-refractivity contribution in [3.8, 4) is 12.3 Å². The number of benzene rings is 1. The summed E-state index contributed by atoms with van der Waals surface area (Å²) < 4.78 is 0. The summed E-state index contributed by atoms with van der Waals surface area (Å²) in [6.07, 6.45) is 6.48. The van der Waals surface area contributed by atoms with Gasteiger partial charge in [-0.15, -0.1) is 6.42 Å². The van der Waals surface area contributed by atoms with Crippen molar-refractivity contribution in [3.05, 3.63) is 28.8 Å². The summed E-state index contributed by atoms with van der Waals surface area (Å²) in [6.45, 7) is 0.152. The van der Waals surface area contributed by atoms with Crippen molar-refractivity contribution >= 4 is 23.5 Å². The van der Waals surface area contributed by atoms with Gasteiger partial charge in [0.25, 0.3) is 0 Å². The Kier molecular flexibility index (Phi) is 3.84. The van der Waals surface area contributed by atoms with Gasteiger partial charge in [0.2, 0.25) is 0 Å². The highest BCUT2D eigenvalue weighted by atomic mass is 35.5. The molecule has 0 aliphatic heterocycles. The van der Waals surface area contributed by atoms with Crippen molar-refractivity contribution in [3.63, 3.8) is 0 Å². The number of terminal acetylenes is 1. The van der Waals surface area contributed by atoms with E-state index < -0.39 is 0 Å². The molecule has 72 valence electrons. The highest BCUT2D eigenvalue weighted by molar-refractivity contribution is 6.33. The molecule has 0 saturated heterocycles. The van der Waals surface area contributed by atoms with Crippen LogP contribution in [-0.2, 0) is 4.84 Å². The molecule has 0 bridgehead atoms. The Bertz CT molecular complexity index is 382. The number of halogens is 1. The summed E-state index contributed by atoms with van der Waals surface area (Å²) in [5.74, 6) is 2.29. The maximum absolute atomic E-state index is 5.79. The lowest BCUT2D eigenvalue weighted by atomic mass is 10.2. The summed E-state index contributed by atoms with van der Waals surface area (Å²) in [5.41, 5.74) is 6.87.